The molecule has 1 aliphatic carbocycles. The summed E-state index contributed by atoms with van der Waals surface area (Å²) in [5, 5.41) is 3.63. The first-order chi connectivity index (χ1) is 7.68. The maximum Gasteiger partial charge on any atom is 0.0124 e. The molecule has 0 radical (unpaired) electrons. The molecule has 1 nitrogen and oxygen atoms in total. The van der Waals surface area contributed by atoms with Crippen LogP contribution in [0.5, 0.6) is 0 Å². The first kappa shape index (κ1) is 11.7. The van der Waals surface area contributed by atoms with Gasteiger partial charge in [0.2, 0.25) is 0 Å². The normalized spacial score (nSPS) is 22.0. The molecule has 0 amide bonds. The van der Waals surface area contributed by atoms with Crippen LogP contribution in [0, 0.1) is 5.41 Å². The van der Waals surface area contributed by atoms with Crippen LogP contribution in [-0.4, -0.2) is 12.6 Å². The molecular weight excluding hydrogens is 194 g/mol. The first-order valence-corrected chi connectivity index (χ1v) is 6.46. The van der Waals surface area contributed by atoms with E-state index in [-0.39, 0.29) is 0 Å². The van der Waals surface area contributed by atoms with Gasteiger partial charge in [0.1, 0.15) is 0 Å². The molecule has 1 aliphatic rings. The number of rotatable bonds is 6. The van der Waals surface area contributed by atoms with E-state index in [0.29, 0.717) is 5.41 Å². The molecule has 1 heteroatoms. The molecule has 0 aromatic heterocycles. The zero-order chi connectivity index (χ0) is 11.4. The topological polar surface area (TPSA) is 12.0 Å². The maximum absolute atomic E-state index is 3.63. The molecule has 0 bridgehead atoms. The number of hydrogen-bond donors (Lipinski definition) is 1. The van der Waals surface area contributed by atoms with Gasteiger partial charge >= 0.3 is 0 Å². The van der Waals surface area contributed by atoms with E-state index in [1.54, 1.807) is 0 Å². The standard InChI is InChI=1S/C15H23N/c1-15(2)12-14(15)16-11-7-6-10-13-8-4-3-5-9-13/h3-5,8-9,14,16H,6-7,10-12H2,1-2H3. The Bertz CT molecular complexity index is 315. The van der Waals surface area contributed by atoms with Crippen LogP contribution in [0.3, 0.4) is 0 Å². The third-order valence-corrected chi connectivity index (χ3v) is 3.64. The molecule has 1 N–H and O–H groups in total. The number of hydrogen-bond acceptors (Lipinski definition) is 1. The summed E-state index contributed by atoms with van der Waals surface area (Å²) < 4.78 is 0. The van der Waals surface area contributed by atoms with Crippen LogP contribution in [0.2, 0.25) is 0 Å². The van der Waals surface area contributed by atoms with E-state index < -0.39 is 0 Å². The molecule has 0 heterocycles. The van der Waals surface area contributed by atoms with Crippen molar-refractivity contribution in [1.82, 2.24) is 5.32 Å². The summed E-state index contributed by atoms with van der Waals surface area (Å²) >= 11 is 0. The van der Waals surface area contributed by atoms with Crippen LogP contribution in [0.1, 0.15) is 38.7 Å². The summed E-state index contributed by atoms with van der Waals surface area (Å²) in [6.07, 6.45) is 5.16. The van der Waals surface area contributed by atoms with Gasteiger partial charge in [-0.05, 0) is 43.2 Å². The van der Waals surface area contributed by atoms with Gasteiger partial charge in [0.25, 0.3) is 0 Å². The minimum atomic E-state index is 0.569. The van der Waals surface area contributed by atoms with Crippen molar-refractivity contribution in [2.45, 2.75) is 45.6 Å². The smallest absolute Gasteiger partial charge is 0.0124 e. The minimum absolute atomic E-state index is 0.569. The van der Waals surface area contributed by atoms with Crippen molar-refractivity contribution in [3.8, 4) is 0 Å². The third kappa shape index (κ3) is 3.34. The molecule has 0 aliphatic heterocycles. The number of nitrogens with one attached hydrogen (secondary N) is 1. The molecule has 16 heavy (non-hydrogen) atoms. The first-order valence-electron chi connectivity index (χ1n) is 6.46. The van der Waals surface area contributed by atoms with Gasteiger partial charge in [-0.3, -0.25) is 0 Å². The number of unbranched alkanes of at least 4 members (excludes halogenated alkanes) is 1. The van der Waals surface area contributed by atoms with Gasteiger partial charge in [-0.25, -0.2) is 0 Å². The summed E-state index contributed by atoms with van der Waals surface area (Å²) in [6, 6.07) is 11.6. The van der Waals surface area contributed by atoms with E-state index in [1.165, 1.54) is 37.8 Å². The lowest BCUT2D eigenvalue weighted by Gasteiger charge is -2.06. The Hall–Kier alpha value is -0.820. The summed E-state index contributed by atoms with van der Waals surface area (Å²) in [6.45, 7) is 5.87. The van der Waals surface area contributed by atoms with Crippen LogP contribution in [0.15, 0.2) is 30.3 Å². The van der Waals surface area contributed by atoms with Crippen molar-refractivity contribution < 1.29 is 0 Å². The van der Waals surface area contributed by atoms with E-state index in [1.807, 2.05) is 0 Å². The Morgan fingerprint density at radius 1 is 1.19 bits per heavy atom. The molecular formula is C15H23N. The fourth-order valence-corrected chi connectivity index (χ4v) is 2.19. The van der Waals surface area contributed by atoms with Crippen molar-refractivity contribution >= 4 is 0 Å². The molecule has 1 fully saturated rings. The molecule has 1 aromatic rings. The maximum atomic E-state index is 3.63. The van der Waals surface area contributed by atoms with Gasteiger partial charge in [0.05, 0.1) is 0 Å². The molecule has 0 saturated heterocycles. The summed E-state index contributed by atoms with van der Waals surface area (Å²) in [5.74, 6) is 0. The van der Waals surface area contributed by atoms with Gasteiger partial charge in [-0.15, -0.1) is 0 Å². The van der Waals surface area contributed by atoms with E-state index in [2.05, 4.69) is 49.5 Å². The highest BCUT2D eigenvalue weighted by Gasteiger charge is 2.44. The molecule has 88 valence electrons. The van der Waals surface area contributed by atoms with Gasteiger partial charge in [-0.1, -0.05) is 44.2 Å². The summed E-state index contributed by atoms with van der Waals surface area (Å²) in [5.41, 5.74) is 2.04. The fraction of sp³-hybridized carbons (Fsp3) is 0.600. The quantitative estimate of drug-likeness (QED) is 0.720. The van der Waals surface area contributed by atoms with Gasteiger partial charge in [0, 0.05) is 6.04 Å². The number of aryl methyl sites for hydroxylation is 1. The highest BCUT2D eigenvalue weighted by atomic mass is 15.0. The highest BCUT2D eigenvalue weighted by Crippen LogP contribution is 2.44. The minimum Gasteiger partial charge on any atom is -0.313 e. The second-order valence-electron chi connectivity index (χ2n) is 5.64. The molecule has 0 spiro atoms. The van der Waals surface area contributed by atoms with Crippen molar-refractivity contribution in [2.75, 3.05) is 6.54 Å². The Morgan fingerprint density at radius 2 is 1.88 bits per heavy atom. The van der Waals surface area contributed by atoms with Crippen molar-refractivity contribution in [1.29, 1.82) is 0 Å². The van der Waals surface area contributed by atoms with E-state index in [4.69, 9.17) is 0 Å². The Balaban J connectivity index is 1.53. The lowest BCUT2D eigenvalue weighted by atomic mass is 10.1. The van der Waals surface area contributed by atoms with E-state index in [9.17, 15) is 0 Å². The zero-order valence-electron chi connectivity index (χ0n) is 10.5. The van der Waals surface area contributed by atoms with Crippen LogP contribution < -0.4 is 5.32 Å². The lowest BCUT2D eigenvalue weighted by molar-refractivity contribution is 0.528. The predicted molar refractivity (Wildman–Crippen MR) is 69.6 cm³/mol. The molecule has 1 saturated carbocycles. The average Bonchev–Trinajstić information content (AvgIpc) is 2.87. The average molecular weight is 217 g/mol. The zero-order valence-corrected chi connectivity index (χ0v) is 10.5. The highest BCUT2D eigenvalue weighted by molar-refractivity contribution is 5.14. The van der Waals surface area contributed by atoms with Crippen LogP contribution in [0.4, 0.5) is 0 Å². The summed E-state index contributed by atoms with van der Waals surface area (Å²) in [4.78, 5) is 0. The van der Waals surface area contributed by atoms with Crippen molar-refractivity contribution in [3.05, 3.63) is 35.9 Å². The van der Waals surface area contributed by atoms with Crippen LogP contribution in [0.25, 0.3) is 0 Å². The molecule has 2 rings (SSSR count). The Labute approximate surface area is 99.3 Å². The number of benzene rings is 1. The van der Waals surface area contributed by atoms with Gasteiger partial charge in [-0.2, -0.15) is 0 Å². The lowest BCUT2D eigenvalue weighted by Crippen LogP contribution is -2.21. The fourth-order valence-electron chi connectivity index (χ4n) is 2.19. The SMILES string of the molecule is CC1(C)CC1NCCCCc1ccccc1. The second kappa shape index (κ2) is 5.01. The summed E-state index contributed by atoms with van der Waals surface area (Å²) in [7, 11) is 0. The van der Waals surface area contributed by atoms with Crippen LogP contribution in [-0.2, 0) is 6.42 Å². The van der Waals surface area contributed by atoms with E-state index in [0.717, 1.165) is 6.04 Å². The van der Waals surface area contributed by atoms with Gasteiger partial charge in [0.15, 0.2) is 0 Å². The Kier molecular flexibility index (Phi) is 3.65. The predicted octanol–water partition coefficient (Wildman–Crippen LogP) is 3.40. The Morgan fingerprint density at radius 3 is 2.50 bits per heavy atom. The second-order valence-corrected chi connectivity index (χ2v) is 5.64. The molecule has 1 unspecified atom stereocenters. The molecule has 1 aromatic carbocycles. The van der Waals surface area contributed by atoms with Crippen molar-refractivity contribution in [3.63, 3.8) is 0 Å². The van der Waals surface area contributed by atoms with Crippen LogP contribution >= 0.6 is 0 Å². The van der Waals surface area contributed by atoms with Gasteiger partial charge < -0.3 is 5.32 Å². The molecule has 1 atom stereocenters. The largest absolute Gasteiger partial charge is 0.313 e. The third-order valence-electron chi connectivity index (χ3n) is 3.64. The van der Waals surface area contributed by atoms with Crippen molar-refractivity contribution in [2.24, 2.45) is 5.41 Å². The monoisotopic (exact) mass is 217 g/mol. The van der Waals surface area contributed by atoms with E-state index >= 15 is 0 Å².